The lowest BCUT2D eigenvalue weighted by molar-refractivity contribution is -0.121. The Morgan fingerprint density at radius 2 is 1.81 bits per heavy atom. The third kappa shape index (κ3) is 5.58. The second-order valence-corrected chi connectivity index (χ2v) is 5.81. The van der Waals surface area contributed by atoms with Crippen LogP contribution in [0.4, 0.5) is 10.1 Å². The molecule has 2 amide bonds. The smallest absolute Gasteiger partial charge is 0.223 e. The summed E-state index contributed by atoms with van der Waals surface area (Å²) in [5, 5.41) is 2.76. The third-order valence-electron chi connectivity index (χ3n) is 4.00. The van der Waals surface area contributed by atoms with Gasteiger partial charge in [-0.1, -0.05) is 18.2 Å². The van der Waals surface area contributed by atoms with Gasteiger partial charge in [0, 0.05) is 32.1 Å². The normalized spacial score (nSPS) is 10.3. The number of carbonyl (C=O) groups excluding carboxylic acids is 2. The first-order valence-electron chi connectivity index (χ1n) is 8.43. The van der Waals surface area contributed by atoms with Crippen molar-refractivity contribution in [1.82, 2.24) is 5.32 Å². The molecule has 26 heavy (non-hydrogen) atoms. The number of hydrogen-bond acceptors (Lipinski definition) is 3. The summed E-state index contributed by atoms with van der Waals surface area (Å²) in [6, 6.07) is 13.6. The van der Waals surface area contributed by atoms with Crippen LogP contribution in [0.2, 0.25) is 0 Å². The first-order chi connectivity index (χ1) is 12.5. The molecule has 138 valence electrons. The monoisotopic (exact) mass is 358 g/mol. The van der Waals surface area contributed by atoms with Crippen molar-refractivity contribution in [2.24, 2.45) is 0 Å². The zero-order valence-corrected chi connectivity index (χ0v) is 15.0. The zero-order valence-electron chi connectivity index (χ0n) is 15.0. The lowest BCUT2D eigenvalue weighted by atomic mass is 10.1. The van der Waals surface area contributed by atoms with Gasteiger partial charge in [0.1, 0.15) is 11.6 Å². The van der Waals surface area contributed by atoms with Crippen LogP contribution in [0.3, 0.4) is 0 Å². The number of halogens is 1. The van der Waals surface area contributed by atoms with Gasteiger partial charge in [0.15, 0.2) is 0 Å². The molecule has 0 aliphatic rings. The maximum absolute atomic E-state index is 13.5. The summed E-state index contributed by atoms with van der Waals surface area (Å²) in [6.07, 6.45) is 0.593. The number of nitrogens with zero attached hydrogens (tertiary/aromatic N) is 1. The molecular formula is C20H23FN2O3. The lowest BCUT2D eigenvalue weighted by Crippen LogP contribution is -2.34. The van der Waals surface area contributed by atoms with Gasteiger partial charge in [-0.05, 0) is 42.3 Å². The van der Waals surface area contributed by atoms with Gasteiger partial charge >= 0.3 is 0 Å². The van der Waals surface area contributed by atoms with Crippen molar-refractivity contribution < 1.29 is 18.7 Å². The van der Waals surface area contributed by atoms with Crippen LogP contribution in [0.15, 0.2) is 48.5 Å². The molecule has 0 aromatic heterocycles. The Labute approximate surface area is 152 Å². The quantitative estimate of drug-likeness (QED) is 0.789. The first kappa shape index (κ1) is 19.4. The summed E-state index contributed by atoms with van der Waals surface area (Å²) in [4.78, 5) is 25.4. The Morgan fingerprint density at radius 1 is 1.12 bits per heavy atom. The van der Waals surface area contributed by atoms with Crippen molar-refractivity contribution in [2.75, 3.05) is 25.1 Å². The SMILES string of the molecule is COc1ccc(N(CCC(=O)NCCc2ccccc2F)C(C)=O)cc1. The molecular weight excluding hydrogens is 335 g/mol. The number of benzene rings is 2. The van der Waals surface area contributed by atoms with Gasteiger partial charge in [-0.3, -0.25) is 9.59 Å². The number of hydrogen-bond donors (Lipinski definition) is 1. The van der Waals surface area contributed by atoms with Crippen LogP contribution in [0, 0.1) is 5.82 Å². The van der Waals surface area contributed by atoms with E-state index in [2.05, 4.69) is 5.32 Å². The number of ether oxygens (including phenoxy) is 1. The van der Waals surface area contributed by atoms with E-state index in [0.29, 0.717) is 30.0 Å². The fourth-order valence-corrected chi connectivity index (χ4v) is 2.57. The topological polar surface area (TPSA) is 58.6 Å². The summed E-state index contributed by atoms with van der Waals surface area (Å²) >= 11 is 0. The van der Waals surface area contributed by atoms with E-state index in [4.69, 9.17) is 4.74 Å². The standard InChI is InChI=1S/C20H23FN2O3/c1-15(24)23(17-7-9-18(26-2)10-8-17)14-12-20(25)22-13-11-16-5-3-4-6-19(16)21/h3-10H,11-14H2,1-2H3,(H,22,25). The molecule has 5 nitrogen and oxygen atoms in total. The van der Waals surface area contributed by atoms with Crippen molar-refractivity contribution in [3.05, 3.63) is 59.9 Å². The van der Waals surface area contributed by atoms with E-state index in [1.165, 1.54) is 17.9 Å². The number of anilines is 1. The summed E-state index contributed by atoms with van der Waals surface area (Å²) in [5.74, 6) is 0.0996. The van der Waals surface area contributed by atoms with Crippen LogP contribution >= 0.6 is 0 Å². The number of nitrogens with one attached hydrogen (secondary N) is 1. The van der Waals surface area contributed by atoms with Crippen LogP contribution in [-0.4, -0.2) is 32.0 Å². The maximum Gasteiger partial charge on any atom is 0.223 e. The number of amides is 2. The highest BCUT2D eigenvalue weighted by atomic mass is 19.1. The van der Waals surface area contributed by atoms with E-state index in [1.807, 2.05) is 0 Å². The predicted molar refractivity (Wildman–Crippen MR) is 98.8 cm³/mol. The van der Waals surface area contributed by atoms with Crippen LogP contribution in [-0.2, 0) is 16.0 Å². The van der Waals surface area contributed by atoms with Crippen LogP contribution in [0.5, 0.6) is 5.75 Å². The van der Waals surface area contributed by atoms with E-state index in [9.17, 15) is 14.0 Å². The zero-order chi connectivity index (χ0) is 18.9. The van der Waals surface area contributed by atoms with E-state index in [0.717, 1.165) is 0 Å². The maximum atomic E-state index is 13.5. The van der Waals surface area contributed by atoms with Gasteiger partial charge in [0.25, 0.3) is 0 Å². The minimum atomic E-state index is -0.274. The Bertz CT molecular complexity index is 747. The van der Waals surface area contributed by atoms with Gasteiger partial charge in [-0.2, -0.15) is 0 Å². The molecule has 2 aromatic rings. The molecule has 0 radical (unpaired) electrons. The highest BCUT2D eigenvalue weighted by Gasteiger charge is 2.13. The average molecular weight is 358 g/mol. The molecule has 0 atom stereocenters. The van der Waals surface area contributed by atoms with Crippen molar-refractivity contribution in [1.29, 1.82) is 0 Å². The molecule has 2 aromatic carbocycles. The van der Waals surface area contributed by atoms with E-state index < -0.39 is 0 Å². The highest BCUT2D eigenvalue weighted by Crippen LogP contribution is 2.19. The second kappa shape index (κ2) is 9.56. The molecule has 0 aliphatic heterocycles. The van der Waals surface area contributed by atoms with Crippen LogP contribution < -0.4 is 15.0 Å². The Balaban J connectivity index is 1.83. The second-order valence-electron chi connectivity index (χ2n) is 5.81. The summed E-state index contributed by atoms with van der Waals surface area (Å²) < 4.78 is 18.6. The molecule has 0 saturated carbocycles. The third-order valence-corrected chi connectivity index (χ3v) is 4.00. The minimum absolute atomic E-state index is 0.144. The molecule has 1 N–H and O–H groups in total. The summed E-state index contributed by atoms with van der Waals surface area (Å²) in [6.45, 7) is 2.08. The molecule has 0 heterocycles. The van der Waals surface area contributed by atoms with Gasteiger partial charge in [0.2, 0.25) is 11.8 Å². The van der Waals surface area contributed by atoms with Crippen molar-refractivity contribution in [3.8, 4) is 5.75 Å². The molecule has 2 rings (SSSR count). The van der Waals surface area contributed by atoms with Crippen LogP contribution in [0.25, 0.3) is 0 Å². The Hall–Kier alpha value is -2.89. The fraction of sp³-hybridized carbons (Fsp3) is 0.300. The van der Waals surface area contributed by atoms with Crippen LogP contribution in [0.1, 0.15) is 18.9 Å². The molecule has 0 spiro atoms. The molecule has 0 unspecified atom stereocenters. The van der Waals surface area contributed by atoms with E-state index in [1.54, 1.807) is 49.6 Å². The van der Waals surface area contributed by atoms with Crippen molar-refractivity contribution in [3.63, 3.8) is 0 Å². The molecule has 0 bridgehead atoms. The van der Waals surface area contributed by atoms with Gasteiger partial charge in [0.05, 0.1) is 7.11 Å². The predicted octanol–water partition coefficient (Wildman–Crippen LogP) is 2.94. The molecule has 0 fully saturated rings. The highest BCUT2D eigenvalue weighted by molar-refractivity contribution is 5.92. The summed E-state index contributed by atoms with van der Waals surface area (Å²) in [7, 11) is 1.57. The Kier molecular flexibility index (Phi) is 7.14. The lowest BCUT2D eigenvalue weighted by Gasteiger charge is -2.21. The van der Waals surface area contributed by atoms with E-state index >= 15 is 0 Å². The Morgan fingerprint density at radius 3 is 2.42 bits per heavy atom. The van der Waals surface area contributed by atoms with Gasteiger partial charge in [-0.15, -0.1) is 0 Å². The van der Waals surface area contributed by atoms with Gasteiger partial charge in [-0.25, -0.2) is 4.39 Å². The fourth-order valence-electron chi connectivity index (χ4n) is 2.57. The number of rotatable bonds is 8. The number of methoxy groups -OCH3 is 1. The molecule has 6 heteroatoms. The molecule has 0 saturated heterocycles. The molecule has 0 aliphatic carbocycles. The largest absolute Gasteiger partial charge is 0.497 e. The minimum Gasteiger partial charge on any atom is -0.497 e. The van der Waals surface area contributed by atoms with Crippen molar-refractivity contribution in [2.45, 2.75) is 19.8 Å². The summed E-state index contributed by atoms with van der Waals surface area (Å²) in [5.41, 5.74) is 1.27. The first-order valence-corrected chi connectivity index (χ1v) is 8.43. The number of carbonyl (C=O) groups is 2. The van der Waals surface area contributed by atoms with E-state index in [-0.39, 0.29) is 30.6 Å². The van der Waals surface area contributed by atoms with Gasteiger partial charge < -0.3 is 15.0 Å². The van der Waals surface area contributed by atoms with Crippen molar-refractivity contribution >= 4 is 17.5 Å². The average Bonchev–Trinajstić information content (AvgIpc) is 2.64.